The molecule has 1 aromatic rings. The first-order valence-electron chi connectivity index (χ1n) is 6.26. The van der Waals surface area contributed by atoms with Crippen LogP contribution in [0, 0.1) is 6.92 Å². The van der Waals surface area contributed by atoms with Crippen molar-refractivity contribution in [2.24, 2.45) is 0 Å². The summed E-state index contributed by atoms with van der Waals surface area (Å²) in [4.78, 5) is 12.4. The van der Waals surface area contributed by atoms with Gasteiger partial charge in [-0.1, -0.05) is 17.7 Å². The average Bonchev–Trinajstić information content (AvgIpc) is 2.85. The van der Waals surface area contributed by atoms with Gasteiger partial charge in [-0.2, -0.15) is 4.31 Å². The third-order valence-electron chi connectivity index (χ3n) is 3.97. The summed E-state index contributed by atoms with van der Waals surface area (Å²) in [6.45, 7) is 2.34. The van der Waals surface area contributed by atoms with Gasteiger partial charge in [-0.25, -0.2) is 8.42 Å². The monoisotopic (exact) mass is 280 g/mol. The molecule has 6 heteroatoms. The molecule has 2 aliphatic heterocycles. The molecule has 1 amide bonds. The van der Waals surface area contributed by atoms with Crippen molar-refractivity contribution in [2.45, 2.75) is 25.3 Å². The van der Waals surface area contributed by atoms with Crippen LogP contribution >= 0.6 is 0 Å². The van der Waals surface area contributed by atoms with Crippen LogP contribution in [0.4, 0.5) is 5.69 Å². The quantitative estimate of drug-likeness (QED) is 0.840. The predicted molar refractivity (Wildman–Crippen MR) is 72.3 cm³/mol. The van der Waals surface area contributed by atoms with Crippen molar-refractivity contribution in [2.75, 3.05) is 18.1 Å². The number of carbonyl (C=O) groups excluding carboxylic acids is 1. The smallest absolute Gasteiger partial charge is 0.250 e. The predicted octanol–water partition coefficient (Wildman–Crippen LogP) is 1.20. The summed E-state index contributed by atoms with van der Waals surface area (Å²) in [6, 6.07) is 5.67. The molecule has 1 atom stereocenters. The zero-order valence-corrected chi connectivity index (χ0v) is 11.8. The first kappa shape index (κ1) is 12.6. The molecule has 1 fully saturated rings. The summed E-state index contributed by atoms with van der Waals surface area (Å²) in [7, 11) is -3.41. The van der Waals surface area contributed by atoms with E-state index in [1.165, 1.54) is 10.6 Å². The van der Waals surface area contributed by atoms with Crippen LogP contribution in [0.15, 0.2) is 18.2 Å². The number of amides is 1. The Balaban J connectivity index is 2.25. The Bertz CT molecular complexity index is 668. The standard InChI is InChI=1S/C13H16N2O3S/c1-9-4-5-11-10(8-9)13(12(16)14-11)6-3-7-15(13)19(2,17)18/h4-5,8H,3,6-7H2,1-2H3,(H,14,16). The topological polar surface area (TPSA) is 66.5 Å². The molecule has 1 N–H and O–H groups in total. The molecule has 2 heterocycles. The maximum absolute atomic E-state index is 12.4. The Labute approximate surface area is 112 Å². The molecule has 1 unspecified atom stereocenters. The molecule has 0 bridgehead atoms. The summed E-state index contributed by atoms with van der Waals surface area (Å²) in [6.07, 6.45) is 2.41. The summed E-state index contributed by atoms with van der Waals surface area (Å²) >= 11 is 0. The lowest BCUT2D eigenvalue weighted by Gasteiger charge is -2.31. The van der Waals surface area contributed by atoms with Gasteiger partial charge in [-0.05, 0) is 25.8 Å². The van der Waals surface area contributed by atoms with Gasteiger partial charge in [0.2, 0.25) is 10.0 Å². The summed E-state index contributed by atoms with van der Waals surface area (Å²) in [5.74, 6) is -0.226. The number of rotatable bonds is 1. The molecule has 1 saturated heterocycles. The van der Waals surface area contributed by atoms with E-state index in [4.69, 9.17) is 0 Å². The van der Waals surface area contributed by atoms with Crippen molar-refractivity contribution >= 4 is 21.6 Å². The molecule has 19 heavy (non-hydrogen) atoms. The molecule has 0 radical (unpaired) electrons. The van der Waals surface area contributed by atoms with Crippen LogP contribution in [0.25, 0.3) is 0 Å². The molecule has 1 spiro atoms. The lowest BCUT2D eigenvalue weighted by Crippen LogP contribution is -2.49. The first-order valence-corrected chi connectivity index (χ1v) is 8.11. The molecule has 0 saturated carbocycles. The number of fused-ring (bicyclic) bond motifs is 2. The van der Waals surface area contributed by atoms with Gasteiger partial charge in [-0.3, -0.25) is 4.79 Å². The Hall–Kier alpha value is -1.40. The highest BCUT2D eigenvalue weighted by molar-refractivity contribution is 7.88. The van der Waals surface area contributed by atoms with Crippen LogP contribution in [-0.2, 0) is 20.4 Å². The number of benzene rings is 1. The van der Waals surface area contributed by atoms with E-state index in [-0.39, 0.29) is 5.91 Å². The Morgan fingerprint density at radius 2 is 2.11 bits per heavy atom. The van der Waals surface area contributed by atoms with E-state index in [9.17, 15) is 13.2 Å². The maximum atomic E-state index is 12.4. The van der Waals surface area contributed by atoms with Gasteiger partial charge in [0.1, 0.15) is 5.54 Å². The zero-order valence-electron chi connectivity index (χ0n) is 10.9. The lowest BCUT2D eigenvalue weighted by atomic mass is 9.89. The van der Waals surface area contributed by atoms with Crippen LogP contribution in [0.1, 0.15) is 24.0 Å². The number of nitrogens with one attached hydrogen (secondary N) is 1. The second-order valence-electron chi connectivity index (χ2n) is 5.30. The number of carbonyl (C=O) groups is 1. The van der Waals surface area contributed by atoms with Gasteiger partial charge < -0.3 is 5.32 Å². The van der Waals surface area contributed by atoms with E-state index >= 15 is 0 Å². The van der Waals surface area contributed by atoms with Gasteiger partial charge >= 0.3 is 0 Å². The zero-order chi connectivity index (χ0) is 13.8. The molecule has 0 aromatic heterocycles. The van der Waals surface area contributed by atoms with Crippen molar-refractivity contribution < 1.29 is 13.2 Å². The second-order valence-corrected chi connectivity index (χ2v) is 7.21. The highest BCUT2D eigenvalue weighted by Gasteiger charge is 2.56. The molecule has 3 rings (SSSR count). The van der Waals surface area contributed by atoms with E-state index in [0.717, 1.165) is 16.8 Å². The molecular weight excluding hydrogens is 264 g/mol. The van der Waals surface area contributed by atoms with Crippen LogP contribution in [0.3, 0.4) is 0 Å². The lowest BCUT2D eigenvalue weighted by molar-refractivity contribution is -0.123. The van der Waals surface area contributed by atoms with Gasteiger partial charge in [0.25, 0.3) is 5.91 Å². The number of hydrogen-bond acceptors (Lipinski definition) is 3. The van der Waals surface area contributed by atoms with E-state index in [0.29, 0.717) is 19.4 Å². The average molecular weight is 280 g/mol. The fourth-order valence-corrected chi connectivity index (χ4v) is 4.50. The molecule has 1 aromatic carbocycles. The SMILES string of the molecule is Cc1ccc2c(c1)C1(CCCN1S(C)(=O)=O)C(=O)N2. The molecular formula is C13H16N2O3S. The number of anilines is 1. The van der Waals surface area contributed by atoms with Gasteiger partial charge in [0.15, 0.2) is 0 Å². The maximum Gasteiger partial charge on any atom is 0.250 e. The minimum absolute atomic E-state index is 0.226. The van der Waals surface area contributed by atoms with E-state index in [2.05, 4.69) is 5.32 Å². The Morgan fingerprint density at radius 3 is 2.79 bits per heavy atom. The van der Waals surface area contributed by atoms with Gasteiger partial charge in [0, 0.05) is 17.8 Å². The highest BCUT2D eigenvalue weighted by atomic mass is 32.2. The van der Waals surface area contributed by atoms with Crippen LogP contribution in [0.5, 0.6) is 0 Å². The number of aryl methyl sites for hydroxylation is 1. The highest BCUT2D eigenvalue weighted by Crippen LogP contribution is 2.48. The number of nitrogens with zero attached hydrogens (tertiary/aromatic N) is 1. The van der Waals surface area contributed by atoms with Gasteiger partial charge in [-0.15, -0.1) is 0 Å². The van der Waals surface area contributed by atoms with Crippen molar-refractivity contribution in [3.8, 4) is 0 Å². The van der Waals surface area contributed by atoms with E-state index in [1.807, 2.05) is 25.1 Å². The minimum Gasteiger partial charge on any atom is -0.324 e. The Kier molecular flexibility index (Phi) is 2.53. The van der Waals surface area contributed by atoms with Gasteiger partial charge in [0.05, 0.1) is 6.26 Å². The molecule has 5 nitrogen and oxygen atoms in total. The number of hydrogen-bond donors (Lipinski definition) is 1. The first-order chi connectivity index (χ1) is 8.85. The van der Waals surface area contributed by atoms with Crippen molar-refractivity contribution in [1.82, 2.24) is 4.31 Å². The normalized spacial score (nSPS) is 26.7. The van der Waals surface area contributed by atoms with Crippen molar-refractivity contribution in [3.05, 3.63) is 29.3 Å². The molecule has 102 valence electrons. The fourth-order valence-electron chi connectivity index (χ4n) is 3.20. The molecule has 0 aliphatic carbocycles. The van der Waals surface area contributed by atoms with Crippen LogP contribution in [-0.4, -0.2) is 31.4 Å². The largest absolute Gasteiger partial charge is 0.324 e. The second kappa shape index (κ2) is 3.80. The van der Waals surface area contributed by atoms with Crippen LogP contribution in [0.2, 0.25) is 0 Å². The van der Waals surface area contributed by atoms with Crippen LogP contribution < -0.4 is 5.32 Å². The number of sulfonamides is 1. The molecule has 2 aliphatic rings. The summed E-state index contributed by atoms with van der Waals surface area (Å²) in [5, 5.41) is 2.81. The third-order valence-corrected chi connectivity index (χ3v) is 5.27. The summed E-state index contributed by atoms with van der Waals surface area (Å²) < 4.78 is 25.3. The Morgan fingerprint density at radius 1 is 1.37 bits per heavy atom. The fraction of sp³-hybridized carbons (Fsp3) is 0.462. The summed E-state index contributed by atoms with van der Waals surface area (Å²) in [5.41, 5.74) is 1.51. The van der Waals surface area contributed by atoms with E-state index < -0.39 is 15.6 Å². The minimum atomic E-state index is -3.41. The van der Waals surface area contributed by atoms with Crippen molar-refractivity contribution in [3.63, 3.8) is 0 Å². The third kappa shape index (κ3) is 1.63. The van der Waals surface area contributed by atoms with E-state index in [1.54, 1.807) is 0 Å². The van der Waals surface area contributed by atoms with Crippen molar-refractivity contribution in [1.29, 1.82) is 0 Å².